The van der Waals surface area contributed by atoms with Crippen LogP contribution in [0.25, 0.3) is 0 Å². The van der Waals surface area contributed by atoms with Crippen LogP contribution < -0.4 is 19.5 Å². The van der Waals surface area contributed by atoms with Crippen LogP contribution in [-0.2, 0) is 22.9 Å². The second-order valence-corrected chi connectivity index (χ2v) is 9.14. The molecule has 4 rings (SSSR count). The van der Waals surface area contributed by atoms with E-state index in [0.717, 1.165) is 24.8 Å². The molecule has 32 heavy (non-hydrogen) atoms. The van der Waals surface area contributed by atoms with E-state index in [4.69, 9.17) is 9.47 Å². The summed E-state index contributed by atoms with van der Waals surface area (Å²) in [7, 11) is -0.973. The topological polar surface area (TPSA) is 93.7 Å². The quantitative estimate of drug-likeness (QED) is 0.559. The zero-order chi connectivity index (χ0) is 22.7. The Morgan fingerprint density at radius 1 is 0.844 bits per heavy atom. The number of aryl methyl sites for hydroxylation is 2. The van der Waals surface area contributed by atoms with Crippen molar-refractivity contribution in [2.45, 2.75) is 24.2 Å². The molecule has 0 unspecified atom stereocenters. The van der Waals surface area contributed by atoms with Crippen LogP contribution in [0, 0.1) is 0 Å². The van der Waals surface area contributed by atoms with Gasteiger partial charge in [0, 0.05) is 17.7 Å². The molecule has 0 spiro atoms. The van der Waals surface area contributed by atoms with E-state index < -0.39 is 10.0 Å². The molecule has 1 aliphatic rings. The predicted octanol–water partition coefficient (Wildman–Crippen LogP) is 4.25. The normalized spacial score (nSPS) is 12.7. The lowest BCUT2D eigenvalue weighted by Crippen LogP contribution is -2.15. The van der Waals surface area contributed by atoms with Gasteiger partial charge in [-0.25, -0.2) is 8.42 Å². The van der Waals surface area contributed by atoms with Gasteiger partial charge in [0.1, 0.15) is 11.5 Å². The van der Waals surface area contributed by atoms with E-state index in [2.05, 4.69) is 10.0 Å². The van der Waals surface area contributed by atoms with Crippen LogP contribution in [0.4, 0.5) is 11.4 Å². The molecule has 166 valence electrons. The first-order valence-corrected chi connectivity index (χ1v) is 11.7. The smallest absolute Gasteiger partial charge is 0.262 e. The van der Waals surface area contributed by atoms with Crippen LogP contribution in [-0.4, -0.2) is 28.5 Å². The molecule has 0 aromatic heterocycles. The summed E-state index contributed by atoms with van der Waals surface area (Å²) in [4.78, 5) is 12.7. The number of carbonyl (C=O) groups excluding carboxylic acids is 1. The second-order valence-electron chi connectivity index (χ2n) is 7.46. The van der Waals surface area contributed by atoms with Gasteiger partial charge in [0.15, 0.2) is 0 Å². The van der Waals surface area contributed by atoms with Crippen molar-refractivity contribution >= 4 is 27.3 Å². The summed E-state index contributed by atoms with van der Waals surface area (Å²) in [5.74, 6) is 0.220. The summed E-state index contributed by atoms with van der Waals surface area (Å²) in [6.45, 7) is 0. The SMILES string of the molecule is COc1cc(NS(=O)(=O)c2ccc3c(c2)CCC3)c(OC)cc1NC(=O)c1ccccc1. The van der Waals surface area contributed by atoms with Gasteiger partial charge in [0.2, 0.25) is 0 Å². The molecular weight excluding hydrogens is 428 g/mol. The van der Waals surface area contributed by atoms with E-state index in [9.17, 15) is 13.2 Å². The van der Waals surface area contributed by atoms with Crippen LogP contribution in [0.3, 0.4) is 0 Å². The van der Waals surface area contributed by atoms with Gasteiger partial charge in [0.05, 0.1) is 30.5 Å². The van der Waals surface area contributed by atoms with Gasteiger partial charge in [-0.1, -0.05) is 24.3 Å². The van der Waals surface area contributed by atoms with Crippen molar-refractivity contribution in [2.75, 3.05) is 24.3 Å². The monoisotopic (exact) mass is 452 g/mol. The Labute approximate surface area is 187 Å². The third-order valence-corrected chi connectivity index (χ3v) is 6.79. The van der Waals surface area contributed by atoms with E-state index in [1.807, 2.05) is 12.1 Å². The number of fused-ring (bicyclic) bond motifs is 1. The highest BCUT2D eigenvalue weighted by atomic mass is 32.2. The van der Waals surface area contributed by atoms with Crippen molar-refractivity contribution in [3.8, 4) is 11.5 Å². The van der Waals surface area contributed by atoms with Gasteiger partial charge in [-0.3, -0.25) is 9.52 Å². The maximum absolute atomic E-state index is 13.0. The summed E-state index contributed by atoms with van der Waals surface area (Å²) in [5, 5.41) is 2.78. The van der Waals surface area contributed by atoms with E-state index in [1.54, 1.807) is 36.4 Å². The molecule has 3 aromatic rings. The maximum Gasteiger partial charge on any atom is 0.262 e. The molecule has 0 saturated carbocycles. The lowest BCUT2D eigenvalue weighted by Gasteiger charge is -2.17. The third kappa shape index (κ3) is 4.40. The number of ether oxygens (including phenoxy) is 2. The Morgan fingerprint density at radius 3 is 2.22 bits per heavy atom. The Morgan fingerprint density at radius 2 is 1.50 bits per heavy atom. The van der Waals surface area contributed by atoms with E-state index >= 15 is 0 Å². The summed E-state index contributed by atoms with van der Waals surface area (Å²) in [5.41, 5.74) is 3.31. The van der Waals surface area contributed by atoms with Gasteiger partial charge >= 0.3 is 0 Å². The fourth-order valence-electron chi connectivity index (χ4n) is 3.78. The van der Waals surface area contributed by atoms with E-state index in [-0.39, 0.29) is 22.2 Å². The molecule has 0 saturated heterocycles. The number of anilines is 2. The minimum atomic E-state index is -3.84. The molecule has 0 fully saturated rings. The Bertz CT molecular complexity index is 1260. The molecule has 2 N–H and O–H groups in total. The van der Waals surface area contributed by atoms with Crippen LogP contribution in [0.2, 0.25) is 0 Å². The zero-order valence-corrected chi connectivity index (χ0v) is 18.7. The van der Waals surface area contributed by atoms with E-state index in [0.29, 0.717) is 17.0 Å². The minimum Gasteiger partial charge on any atom is -0.494 e. The third-order valence-electron chi connectivity index (χ3n) is 5.43. The van der Waals surface area contributed by atoms with Crippen molar-refractivity contribution in [1.29, 1.82) is 0 Å². The van der Waals surface area contributed by atoms with Crippen molar-refractivity contribution in [3.05, 3.63) is 77.4 Å². The Kier molecular flexibility index (Phi) is 6.05. The van der Waals surface area contributed by atoms with Gasteiger partial charge in [-0.2, -0.15) is 0 Å². The number of hydrogen-bond acceptors (Lipinski definition) is 5. The standard InChI is InChI=1S/C24H24N2O5S/c1-30-22-15-21(26-32(28,29)19-12-11-16-9-6-10-18(16)13-19)23(31-2)14-20(22)25-24(27)17-7-4-3-5-8-17/h3-5,7-8,11-15,26H,6,9-10H2,1-2H3,(H,25,27). The molecule has 1 amide bonds. The fourth-order valence-corrected chi connectivity index (χ4v) is 4.89. The molecule has 8 heteroatoms. The van der Waals surface area contributed by atoms with Gasteiger partial charge in [-0.15, -0.1) is 0 Å². The lowest BCUT2D eigenvalue weighted by atomic mass is 10.1. The summed E-state index contributed by atoms with van der Waals surface area (Å²) < 4.78 is 39.5. The fraction of sp³-hybridized carbons (Fsp3) is 0.208. The minimum absolute atomic E-state index is 0.195. The van der Waals surface area contributed by atoms with Gasteiger partial charge < -0.3 is 14.8 Å². The molecule has 3 aromatic carbocycles. The Hall–Kier alpha value is -3.52. The van der Waals surface area contributed by atoms with E-state index in [1.165, 1.54) is 31.9 Å². The molecule has 7 nitrogen and oxygen atoms in total. The molecule has 0 bridgehead atoms. The van der Waals surface area contributed by atoms with Crippen molar-refractivity contribution < 1.29 is 22.7 Å². The number of hydrogen-bond donors (Lipinski definition) is 2. The number of nitrogens with one attached hydrogen (secondary N) is 2. The van der Waals surface area contributed by atoms with Gasteiger partial charge in [0.25, 0.3) is 15.9 Å². The number of methoxy groups -OCH3 is 2. The predicted molar refractivity (Wildman–Crippen MR) is 123 cm³/mol. The van der Waals surface area contributed by atoms with Crippen molar-refractivity contribution in [1.82, 2.24) is 0 Å². The average Bonchev–Trinajstić information content (AvgIpc) is 3.28. The number of amides is 1. The lowest BCUT2D eigenvalue weighted by molar-refractivity contribution is 0.102. The number of rotatable bonds is 7. The zero-order valence-electron chi connectivity index (χ0n) is 17.8. The van der Waals surface area contributed by atoms with Crippen LogP contribution in [0.5, 0.6) is 11.5 Å². The molecule has 1 aliphatic carbocycles. The van der Waals surface area contributed by atoms with Gasteiger partial charge in [-0.05, 0) is 54.7 Å². The highest BCUT2D eigenvalue weighted by molar-refractivity contribution is 7.92. The summed E-state index contributed by atoms with van der Waals surface area (Å²) in [6, 6.07) is 17.0. The summed E-state index contributed by atoms with van der Waals surface area (Å²) in [6.07, 6.45) is 2.89. The van der Waals surface area contributed by atoms with Crippen LogP contribution in [0.15, 0.2) is 65.6 Å². The highest BCUT2D eigenvalue weighted by Crippen LogP contribution is 2.38. The molecule has 0 aliphatic heterocycles. The first kappa shape index (κ1) is 21.7. The number of benzene rings is 3. The Balaban J connectivity index is 1.63. The highest BCUT2D eigenvalue weighted by Gasteiger charge is 2.22. The molecular formula is C24H24N2O5S. The second kappa shape index (κ2) is 8.92. The summed E-state index contributed by atoms with van der Waals surface area (Å²) >= 11 is 0. The molecule has 0 radical (unpaired) electrons. The van der Waals surface area contributed by atoms with Crippen LogP contribution in [0.1, 0.15) is 27.9 Å². The van der Waals surface area contributed by atoms with Crippen molar-refractivity contribution in [3.63, 3.8) is 0 Å². The largest absolute Gasteiger partial charge is 0.494 e. The number of carbonyl (C=O) groups is 1. The molecule has 0 atom stereocenters. The average molecular weight is 453 g/mol. The number of sulfonamides is 1. The van der Waals surface area contributed by atoms with Crippen LogP contribution >= 0.6 is 0 Å². The molecule has 0 heterocycles. The van der Waals surface area contributed by atoms with Crippen molar-refractivity contribution in [2.24, 2.45) is 0 Å². The maximum atomic E-state index is 13.0. The first-order valence-electron chi connectivity index (χ1n) is 10.2. The first-order chi connectivity index (χ1) is 15.4.